The monoisotopic (exact) mass is 259 g/mol. The summed E-state index contributed by atoms with van der Waals surface area (Å²) in [6, 6.07) is 0. The molecule has 17 heavy (non-hydrogen) atoms. The van der Waals surface area contributed by atoms with Gasteiger partial charge in [-0.2, -0.15) is 11.8 Å². The van der Waals surface area contributed by atoms with E-state index in [2.05, 4.69) is 6.92 Å². The zero-order chi connectivity index (χ0) is 12.9. The van der Waals surface area contributed by atoms with Crippen LogP contribution in [0.4, 0.5) is 0 Å². The molecule has 100 valence electrons. The number of thioether (sulfide) groups is 1. The van der Waals surface area contributed by atoms with Crippen molar-refractivity contribution in [3.8, 4) is 0 Å². The summed E-state index contributed by atoms with van der Waals surface area (Å²) in [6.07, 6.45) is 6.84. The third-order valence-electron chi connectivity index (χ3n) is 3.57. The second-order valence-electron chi connectivity index (χ2n) is 5.59. The average molecular weight is 259 g/mol. The number of hydrogen-bond donors (Lipinski definition) is 2. The number of hydrogen-bond acceptors (Lipinski definition) is 3. The molecule has 0 bridgehead atoms. The summed E-state index contributed by atoms with van der Waals surface area (Å²) in [5.41, 5.74) is 4.64. The molecule has 0 aromatic heterocycles. The average Bonchev–Trinajstić information content (AvgIpc) is 2.24. The number of carbonyl (C=O) groups is 1. The van der Waals surface area contributed by atoms with Gasteiger partial charge in [0, 0.05) is 5.25 Å². The van der Waals surface area contributed by atoms with E-state index in [4.69, 9.17) is 10.8 Å². The van der Waals surface area contributed by atoms with Gasteiger partial charge in [-0.15, -0.1) is 0 Å². The van der Waals surface area contributed by atoms with Gasteiger partial charge in [-0.3, -0.25) is 4.79 Å². The molecule has 0 aromatic carbocycles. The summed E-state index contributed by atoms with van der Waals surface area (Å²) in [6.45, 7) is 3.93. The lowest BCUT2D eigenvalue weighted by Gasteiger charge is -2.26. The Balaban J connectivity index is 2.13. The Morgan fingerprint density at radius 2 is 2.24 bits per heavy atom. The summed E-state index contributed by atoms with van der Waals surface area (Å²) < 4.78 is 0. The van der Waals surface area contributed by atoms with E-state index in [0.717, 1.165) is 23.3 Å². The van der Waals surface area contributed by atoms with Crippen LogP contribution < -0.4 is 5.73 Å². The minimum Gasteiger partial charge on any atom is -0.480 e. The highest BCUT2D eigenvalue weighted by molar-refractivity contribution is 7.99. The largest absolute Gasteiger partial charge is 0.480 e. The maximum atomic E-state index is 10.8. The lowest BCUT2D eigenvalue weighted by molar-refractivity contribution is -0.142. The van der Waals surface area contributed by atoms with E-state index >= 15 is 0 Å². The maximum Gasteiger partial charge on any atom is 0.323 e. The van der Waals surface area contributed by atoms with Gasteiger partial charge in [-0.1, -0.05) is 19.8 Å². The van der Waals surface area contributed by atoms with Crippen LogP contribution in [0.1, 0.15) is 52.4 Å². The van der Waals surface area contributed by atoms with Crippen LogP contribution in [0.3, 0.4) is 0 Å². The van der Waals surface area contributed by atoms with Gasteiger partial charge < -0.3 is 10.8 Å². The van der Waals surface area contributed by atoms with E-state index in [9.17, 15) is 4.79 Å². The van der Waals surface area contributed by atoms with Crippen molar-refractivity contribution in [3.05, 3.63) is 0 Å². The number of carboxylic acid groups (broad SMARTS) is 1. The van der Waals surface area contributed by atoms with Crippen molar-refractivity contribution >= 4 is 17.7 Å². The van der Waals surface area contributed by atoms with E-state index in [1.165, 1.54) is 25.7 Å². The molecule has 0 radical (unpaired) electrons. The number of aliphatic carboxylic acids is 1. The van der Waals surface area contributed by atoms with Gasteiger partial charge in [0.25, 0.3) is 0 Å². The molecule has 1 fully saturated rings. The standard InChI is InChI=1S/C13H25NO2S/c1-10-5-3-6-11(9-10)17-8-4-7-13(2,14)12(15)16/h10-11H,3-9,14H2,1-2H3,(H,15,16). The highest BCUT2D eigenvalue weighted by Gasteiger charge is 2.27. The number of rotatable bonds is 6. The van der Waals surface area contributed by atoms with Crippen LogP contribution in [0.15, 0.2) is 0 Å². The van der Waals surface area contributed by atoms with Gasteiger partial charge in [0.05, 0.1) is 0 Å². The molecule has 4 heteroatoms. The molecule has 1 saturated carbocycles. The fourth-order valence-corrected chi connectivity index (χ4v) is 3.77. The van der Waals surface area contributed by atoms with Crippen molar-refractivity contribution in [1.29, 1.82) is 0 Å². The van der Waals surface area contributed by atoms with Crippen molar-refractivity contribution in [3.63, 3.8) is 0 Å². The van der Waals surface area contributed by atoms with Crippen molar-refractivity contribution in [1.82, 2.24) is 0 Å². The van der Waals surface area contributed by atoms with Crippen molar-refractivity contribution in [2.75, 3.05) is 5.75 Å². The Labute approximate surface area is 109 Å². The topological polar surface area (TPSA) is 63.3 Å². The van der Waals surface area contributed by atoms with Gasteiger partial charge >= 0.3 is 5.97 Å². The molecule has 3 atom stereocenters. The SMILES string of the molecule is CC1CCCC(SCCCC(C)(N)C(=O)O)C1. The summed E-state index contributed by atoms with van der Waals surface area (Å²) in [5, 5.41) is 9.68. The fourth-order valence-electron chi connectivity index (χ4n) is 2.33. The second kappa shape index (κ2) is 6.64. The molecule has 3 nitrogen and oxygen atoms in total. The third kappa shape index (κ3) is 5.30. The molecule has 1 aliphatic rings. The Morgan fingerprint density at radius 1 is 1.53 bits per heavy atom. The molecule has 0 spiro atoms. The van der Waals surface area contributed by atoms with Crippen LogP contribution in [0, 0.1) is 5.92 Å². The smallest absolute Gasteiger partial charge is 0.323 e. The molecule has 3 N–H and O–H groups in total. The molecule has 3 unspecified atom stereocenters. The first-order valence-electron chi connectivity index (χ1n) is 6.55. The van der Waals surface area contributed by atoms with Crippen LogP contribution in [0.25, 0.3) is 0 Å². The first-order valence-corrected chi connectivity index (χ1v) is 7.60. The van der Waals surface area contributed by atoms with Gasteiger partial charge in [-0.05, 0) is 44.3 Å². The molecule has 0 saturated heterocycles. The minimum atomic E-state index is -1.06. The van der Waals surface area contributed by atoms with E-state index in [-0.39, 0.29) is 0 Å². The van der Waals surface area contributed by atoms with Crippen LogP contribution in [-0.2, 0) is 4.79 Å². The minimum absolute atomic E-state index is 0.567. The third-order valence-corrected chi connectivity index (χ3v) is 4.99. The van der Waals surface area contributed by atoms with Crippen LogP contribution in [-0.4, -0.2) is 27.6 Å². The molecular weight excluding hydrogens is 234 g/mol. The van der Waals surface area contributed by atoms with Crippen LogP contribution in [0.2, 0.25) is 0 Å². The second-order valence-corrected chi connectivity index (χ2v) is 7.00. The first-order chi connectivity index (χ1) is 7.92. The zero-order valence-electron chi connectivity index (χ0n) is 10.9. The first kappa shape index (κ1) is 14.8. The lowest BCUT2D eigenvalue weighted by Crippen LogP contribution is -2.44. The number of carboxylic acids is 1. The zero-order valence-corrected chi connectivity index (χ0v) is 11.8. The molecule has 0 amide bonds. The molecule has 0 aromatic rings. The van der Waals surface area contributed by atoms with Crippen molar-refractivity contribution < 1.29 is 9.90 Å². The van der Waals surface area contributed by atoms with E-state index < -0.39 is 11.5 Å². The predicted octanol–water partition coefficient (Wildman–Crippen LogP) is 2.88. The summed E-state index contributed by atoms with van der Waals surface area (Å²) in [7, 11) is 0. The maximum absolute atomic E-state index is 10.8. The van der Waals surface area contributed by atoms with E-state index in [0.29, 0.717) is 6.42 Å². The van der Waals surface area contributed by atoms with Crippen LogP contribution >= 0.6 is 11.8 Å². The normalized spacial score (nSPS) is 28.6. The highest BCUT2D eigenvalue weighted by Crippen LogP contribution is 2.32. The lowest BCUT2D eigenvalue weighted by atomic mass is 9.91. The van der Waals surface area contributed by atoms with Gasteiger partial charge in [-0.25, -0.2) is 0 Å². The Morgan fingerprint density at radius 3 is 2.82 bits per heavy atom. The molecule has 1 aliphatic carbocycles. The van der Waals surface area contributed by atoms with Gasteiger partial charge in [0.1, 0.15) is 5.54 Å². The highest BCUT2D eigenvalue weighted by atomic mass is 32.2. The fraction of sp³-hybridized carbons (Fsp3) is 0.923. The summed E-state index contributed by atoms with van der Waals surface area (Å²) >= 11 is 2.01. The quantitative estimate of drug-likeness (QED) is 0.720. The van der Waals surface area contributed by atoms with E-state index in [1.807, 2.05) is 11.8 Å². The van der Waals surface area contributed by atoms with Crippen molar-refractivity contribution in [2.24, 2.45) is 11.7 Å². The molecule has 0 aliphatic heterocycles. The summed E-state index contributed by atoms with van der Waals surface area (Å²) in [4.78, 5) is 10.8. The van der Waals surface area contributed by atoms with Crippen molar-refractivity contribution in [2.45, 2.75) is 63.2 Å². The molecule has 1 rings (SSSR count). The van der Waals surface area contributed by atoms with E-state index in [1.54, 1.807) is 6.92 Å². The summed E-state index contributed by atoms with van der Waals surface area (Å²) in [5.74, 6) is 1.01. The number of nitrogens with two attached hydrogens (primary N) is 1. The van der Waals surface area contributed by atoms with Gasteiger partial charge in [0.15, 0.2) is 0 Å². The predicted molar refractivity (Wildman–Crippen MR) is 73.3 cm³/mol. The Kier molecular flexibility index (Phi) is 5.80. The Hall–Kier alpha value is -0.220. The van der Waals surface area contributed by atoms with Gasteiger partial charge in [0.2, 0.25) is 0 Å². The molecular formula is C13H25NO2S. The van der Waals surface area contributed by atoms with Crippen LogP contribution in [0.5, 0.6) is 0 Å². The molecule has 0 heterocycles. The Bertz CT molecular complexity index is 256.